The van der Waals surface area contributed by atoms with E-state index in [1.807, 2.05) is 0 Å². The SMILES string of the molecule is CC(=O)c1cnc2ccc(-c3ccc(O)c(OC(F)(F)F)c3)nc2c1NC1CCC(CN(C)C)CC1. The minimum atomic E-state index is -4.95. The molecule has 0 spiro atoms. The molecule has 1 saturated carbocycles. The van der Waals surface area contributed by atoms with Crippen LogP contribution < -0.4 is 10.1 Å². The summed E-state index contributed by atoms with van der Waals surface area (Å²) in [6.07, 6.45) is 0.632. The van der Waals surface area contributed by atoms with Gasteiger partial charge < -0.3 is 20.1 Å². The van der Waals surface area contributed by atoms with E-state index in [-0.39, 0.29) is 11.8 Å². The monoisotopic (exact) mass is 502 g/mol. The van der Waals surface area contributed by atoms with Crippen molar-refractivity contribution in [3.05, 3.63) is 42.1 Å². The first-order valence-corrected chi connectivity index (χ1v) is 11.8. The van der Waals surface area contributed by atoms with Crippen LogP contribution >= 0.6 is 0 Å². The Labute approximate surface area is 207 Å². The zero-order valence-electron chi connectivity index (χ0n) is 20.4. The number of nitrogens with zero attached hydrogens (tertiary/aromatic N) is 3. The van der Waals surface area contributed by atoms with E-state index in [2.05, 4.69) is 39.0 Å². The van der Waals surface area contributed by atoms with Crippen LogP contribution in [0, 0.1) is 5.92 Å². The molecule has 2 heterocycles. The van der Waals surface area contributed by atoms with Gasteiger partial charge in [0.05, 0.1) is 22.5 Å². The number of anilines is 1. The van der Waals surface area contributed by atoms with Gasteiger partial charge in [0, 0.05) is 24.3 Å². The average Bonchev–Trinajstić information content (AvgIpc) is 2.80. The molecule has 1 aromatic carbocycles. The van der Waals surface area contributed by atoms with Crippen LogP contribution in [0.4, 0.5) is 18.9 Å². The first kappa shape index (κ1) is 25.7. The van der Waals surface area contributed by atoms with Crippen LogP contribution in [-0.4, -0.2) is 58.8 Å². The lowest BCUT2D eigenvalue weighted by Gasteiger charge is -2.31. The highest BCUT2D eigenvalue weighted by molar-refractivity contribution is 6.06. The van der Waals surface area contributed by atoms with Crippen LogP contribution in [0.5, 0.6) is 11.5 Å². The summed E-state index contributed by atoms with van der Waals surface area (Å²) < 4.78 is 42.2. The Hall–Kier alpha value is -3.40. The molecule has 3 aromatic rings. The maximum absolute atomic E-state index is 12.7. The van der Waals surface area contributed by atoms with E-state index in [1.54, 1.807) is 12.1 Å². The van der Waals surface area contributed by atoms with Gasteiger partial charge in [-0.1, -0.05) is 0 Å². The molecule has 0 bridgehead atoms. The Kier molecular flexibility index (Phi) is 7.35. The van der Waals surface area contributed by atoms with Gasteiger partial charge in [0.15, 0.2) is 17.3 Å². The molecule has 0 atom stereocenters. The molecule has 1 fully saturated rings. The lowest BCUT2D eigenvalue weighted by Crippen LogP contribution is -2.31. The molecule has 1 aliphatic rings. The molecule has 1 aliphatic carbocycles. The summed E-state index contributed by atoms with van der Waals surface area (Å²) in [6.45, 7) is 2.51. The second kappa shape index (κ2) is 10.3. The van der Waals surface area contributed by atoms with Gasteiger partial charge in [0.25, 0.3) is 0 Å². The quantitative estimate of drug-likeness (QED) is 0.405. The lowest BCUT2D eigenvalue weighted by molar-refractivity contribution is -0.275. The van der Waals surface area contributed by atoms with Crippen molar-refractivity contribution in [2.45, 2.75) is 45.0 Å². The molecule has 0 saturated heterocycles. The molecular formula is C26H29F3N4O3. The molecule has 0 radical (unpaired) electrons. The summed E-state index contributed by atoms with van der Waals surface area (Å²) >= 11 is 0. The largest absolute Gasteiger partial charge is 0.573 e. The summed E-state index contributed by atoms with van der Waals surface area (Å²) in [4.78, 5) is 23.7. The van der Waals surface area contributed by atoms with E-state index >= 15 is 0 Å². The standard InChI is InChI=1S/C26H29F3N4O3/c1-15(34)19-13-30-21-10-9-20(17-6-11-22(35)23(12-17)36-26(27,28)29)32-25(21)24(19)31-18-7-4-16(5-8-18)14-33(2)3/h6,9-13,16,18,35H,4-5,7-8,14H2,1-3H3,(H,30,31). The van der Waals surface area contributed by atoms with Crippen LogP contribution in [0.3, 0.4) is 0 Å². The van der Waals surface area contributed by atoms with Crippen molar-refractivity contribution < 1.29 is 27.8 Å². The van der Waals surface area contributed by atoms with E-state index in [0.29, 0.717) is 39.5 Å². The Bertz CT molecular complexity index is 1260. The number of ether oxygens (including phenoxy) is 1. The highest BCUT2D eigenvalue weighted by Gasteiger charge is 2.32. The topological polar surface area (TPSA) is 87.6 Å². The number of nitrogens with one attached hydrogen (secondary N) is 1. The van der Waals surface area contributed by atoms with Crippen molar-refractivity contribution >= 4 is 22.5 Å². The molecule has 7 nitrogen and oxygen atoms in total. The molecule has 4 rings (SSSR count). The minimum Gasteiger partial charge on any atom is -0.504 e. The number of ketones is 1. The number of aromatic nitrogens is 2. The van der Waals surface area contributed by atoms with E-state index < -0.39 is 17.9 Å². The third-order valence-electron chi connectivity index (χ3n) is 6.39. The number of benzene rings is 1. The van der Waals surface area contributed by atoms with Crippen molar-refractivity contribution in [3.8, 4) is 22.8 Å². The van der Waals surface area contributed by atoms with Crippen LogP contribution in [0.15, 0.2) is 36.5 Å². The van der Waals surface area contributed by atoms with Crippen LogP contribution in [0.25, 0.3) is 22.3 Å². The van der Waals surface area contributed by atoms with Crippen molar-refractivity contribution in [2.24, 2.45) is 5.92 Å². The zero-order chi connectivity index (χ0) is 26.0. The highest BCUT2D eigenvalue weighted by Crippen LogP contribution is 2.36. The molecule has 10 heteroatoms. The van der Waals surface area contributed by atoms with Crippen LogP contribution in [-0.2, 0) is 0 Å². The minimum absolute atomic E-state index is 0.161. The fraction of sp³-hybridized carbons (Fsp3) is 0.423. The fourth-order valence-corrected chi connectivity index (χ4v) is 4.73. The predicted molar refractivity (Wildman–Crippen MR) is 131 cm³/mol. The number of carbonyl (C=O) groups is 1. The first-order chi connectivity index (χ1) is 17.0. The summed E-state index contributed by atoms with van der Waals surface area (Å²) in [5.41, 5.74) is 2.68. The van der Waals surface area contributed by atoms with Crippen molar-refractivity contribution in [3.63, 3.8) is 0 Å². The van der Waals surface area contributed by atoms with Crippen molar-refractivity contribution in [2.75, 3.05) is 26.0 Å². The Morgan fingerprint density at radius 3 is 2.53 bits per heavy atom. The van der Waals surface area contributed by atoms with Crippen molar-refractivity contribution in [1.82, 2.24) is 14.9 Å². The van der Waals surface area contributed by atoms with Gasteiger partial charge in [-0.15, -0.1) is 13.2 Å². The highest BCUT2D eigenvalue weighted by atomic mass is 19.4. The molecule has 2 N–H and O–H groups in total. The maximum atomic E-state index is 12.7. The average molecular weight is 503 g/mol. The number of rotatable bonds is 7. The van der Waals surface area contributed by atoms with Crippen LogP contribution in [0.1, 0.15) is 43.0 Å². The molecule has 0 aliphatic heterocycles. The molecule has 192 valence electrons. The number of phenols is 1. The van der Waals surface area contributed by atoms with Gasteiger partial charge in [-0.05, 0) is 83.0 Å². The van der Waals surface area contributed by atoms with E-state index in [1.165, 1.54) is 19.2 Å². The zero-order valence-corrected chi connectivity index (χ0v) is 20.4. The number of hydrogen-bond acceptors (Lipinski definition) is 7. The second-order valence-electron chi connectivity index (χ2n) is 9.52. The van der Waals surface area contributed by atoms with Gasteiger partial charge in [0.1, 0.15) is 5.52 Å². The number of fused-ring (bicyclic) bond motifs is 1. The number of alkyl halides is 3. The normalized spacial score (nSPS) is 18.4. The first-order valence-electron chi connectivity index (χ1n) is 11.8. The Morgan fingerprint density at radius 2 is 1.89 bits per heavy atom. The van der Waals surface area contributed by atoms with Gasteiger partial charge in [-0.25, -0.2) is 4.98 Å². The second-order valence-corrected chi connectivity index (χ2v) is 9.52. The number of hydrogen-bond donors (Lipinski definition) is 2. The third-order valence-corrected chi connectivity index (χ3v) is 6.39. The van der Waals surface area contributed by atoms with E-state index in [0.717, 1.165) is 44.4 Å². The molecular weight excluding hydrogens is 473 g/mol. The van der Waals surface area contributed by atoms with E-state index in [9.17, 15) is 23.1 Å². The fourth-order valence-electron chi connectivity index (χ4n) is 4.73. The van der Waals surface area contributed by atoms with E-state index in [4.69, 9.17) is 0 Å². The lowest BCUT2D eigenvalue weighted by atomic mass is 9.85. The molecule has 36 heavy (non-hydrogen) atoms. The summed E-state index contributed by atoms with van der Waals surface area (Å²) in [5, 5.41) is 13.3. The number of halogens is 3. The van der Waals surface area contributed by atoms with Gasteiger partial charge in [-0.2, -0.15) is 0 Å². The Morgan fingerprint density at radius 1 is 1.17 bits per heavy atom. The summed E-state index contributed by atoms with van der Waals surface area (Å²) in [5.74, 6) is -0.882. The number of Topliss-reactive ketones (excluding diaryl/α,β-unsaturated/α-hetero) is 1. The number of pyridine rings is 2. The number of aromatic hydroxyl groups is 1. The molecule has 2 aromatic heterocycles. The number of phenolic OH excluding ortho intramolecular Hbond substituents is 1. The van der Waals surface area contributed by atoms with Crippen LogP contribution in [0.2, 0.25) is 0 Å². The Balaban J connectivity index is 1.69. The van der Waals surface area contributed by atoms with Gasteiger partial charge >= 0.3 is 6.36 Å². The molecule has 0 unspecified atom stereocenters. The smallest absolute Gasteiger partial charge is 0.504 e. The predicted octanol–water partition coefficient (Wildman–Crippen LogP) is 5.64. The summed E-state index contributed by atoms with van der Waals surface area (Å²) in [7, 11) is 4.14. The maximum Gasteiger partial charge on any atom is 0.573 e. The third kappa shape index (κ3) is 6.04. The van der Waals surface area contributed by atoms with Gasteiger partial charge in [-0.3, -0.25) is 9.78 Å². The number of carbonyl (C=O) groups excluding carboxylic acids is 1. The van der Waals surface area contributed by atoms with Gasteiger partial charge in [0.2, 0.25) is 0 Å². The molecule has 0 amide bonds. The van der Waals surface area contributed by atoms with Crippen molar-refractivity contribution in [1.29, 1.82) is 0 Å². The summed E-state index contributed by atoms with van der Waals surface area (Å²) in [6, 6.07) is 7.16.